The zero-order valence-electron chi connectivity index (χ0n) is 11.2. The summed E-state index contributed by atoms with van der Waals surface area (Å²) in [5.41, 5.74) is 0.440. The molecule has 0 radical (unpaired) electrons. The van der Waals surface area contributed by atoms with Gasteiger partial charge in [0.05, 0.1) is 5.56 Å². The van der Waals surface area contributed by atoms with Gasteiger partial charge >= 0.3 is 12.8 Å². The highest BCUT2D eigenvalue weighted by Gasteiger charge is 2.29. The smallest absolute Gasteiger partial charge is 0.416 e. The van der Waals surface area contributed by atoms with Crippen LogP contribution in [0.5, 0.6) is 5.75 Å². The van der Waals surface area contributed by atoms with E-state index < -0.39 is 18.4 Å². The van der Waals surface area contributed by atoms with E-state index in [9.17, 15) is 22.0 Å². The van der Waals surface area contributed by atoms with Crippen LogP contribution in [0.3, 0.4) is 0 Å². The monoisotopic (exact) mass is 317 g/mol. The lowest BCUT2D eigenvalue weighted by Gasteiger charge is -2.10. The third-order valence-corrected chi connectivity index (χ3v) is 2.84. The van der Waals surface area contributed by atoms with Crippen LogP contribution in [0.2, 0.25) is 0 Å². The Morgan fingerprint density at radius 1 is 1.00 bits per heavy atom. The third kappa shape index (κ3) is 4.61. The predicted octanol–water partition coefficient (Wildman–Crippen LogP) is 4.92. The van der Waals surface area contributed by atoms with E-state index in [0.717, 1.165) is 12.1 Å². The Labute approximate surface area is 123 Å². The van der Waals surface area contributed by atoms with E-state index in [2.05, 4.69) is 10.1 Å². The SMILES string of the molecule is FC(F)Oc1cccc(NCc2ccc(C(F)(F)F)cc2)c1. The molecule has 0 aliphatic carbocycles. The Bertz CT molecular complexity index is 610. The molecule has 1 N–H and O–H groups in total. The first kappa shape index (κ1) is 16.1. The molecule has 22 heavy (non-hydrogen) atoms. The van der Waals surface area contributed by atoms with E-state index in [0.29, 0.717) is 11.3 Å². The first-order valence-corrected chi connectivity index (χ1v) is 6.29. The minimum atomic E-state index is -4.37. The van der Waals surface area contributed by atoms with E-state index in [4.69, 9.17) is 0 Å². The van der Waals surface area contributed by atoms with Crippen LogP contribution in [-0.2, 0) is 12.7 Å². The highest BCUT2D eigenvalue weighted by atomic mass is 19.4. The molecule has 0 fully saturated rings. The number of halogens is 5. The molecule has 0 aromatic heterocycles. The second-order valence-electron chi connectivity index (χ2n) is 4.45. The lowest BCUT2D eigenvalue weighted by Crippen LogP contribution is -2.06. The summed E-state index contributed by atoms with van der Waals surface area (Å²) in [5.74, 6) is 0.00687. The molecule has 2 aromatic rings. The quantitative estimate of drug-likeness (QED) is 0.790. The van der Waals surface area contributed by atoms with Gasteiger partial charge in [0.2, 0.25) is 0 Å². The van der Waals surface area contributed by atoms with Gasteiger partial charge in [-0.3, -0.25) is 0 Å². The van der Waals surface area contributed by atoms with Crippen molar-refractivity contribution in [3.8, 4) is 5.75 Å². The second-order valence-corrected chi connectivity index (χ2v) is 4.45. The van der Waals surface area contributed by atoms with Gasteiger partial charge in [-0.25, -0.2) is 0 Å². The van der Waals surface area contributed by atoms with Crippen LogP contribution >= 0.6 is 0 Å². The molecule has 0 atom stereocenters. The Kier molecular flexibility index (Phi) is 4.85. The van der Waals surface area contributed by atoms with Crippen molar-refractivity contribution in [2.75, 3.05) is 5.32 Å². The van der Waals surface area contributed by atoms with Crippen molar-refractivity contribution >= 4 is 5.69 Å². The molecule has 2 nitrogen and oxygen atoms in total. The number of nitrogens with one attached hydrogen (secondary N) is 1. The van der Waals surface area contributed by atoms with E-state index in [1.54, 1.807) is 6.07 Å². The number of rotatable bonds is 5. The zero-order valence-corrected chi connectivity index (χ0v) is 11.2. The molecule has 118 valence electrons. The number of anilines is 1. The molecular formula is C15H12F5NO. The van der Waals surface area contributed by atoms with Gasteiger partial charge in [0.25, 0.3) is 0 Å². The Balaban J connectivity index is 1.98. The van der Waals surface area contributed by atoms with Crippen LogP contribution in [-0.4, -0.2) is 6.61 Å². The summed E-state index contributed by atoms with van der Waals surface area (Å²) in [5, 5.41) is 2.93. The molecule has 0 aliphatic rings. The first-order chi connectivity index (χ1) is 10.3. The predicted molar refractivity (Wildman–Crippen MR) is 71.8 cm³/mol. The van der Waals surface area contributed by atoms with Crippen molar-refractivity contribution in [1.82, 2.24) is 0 Å². The fourth-order valence-corrected chi connectivity index (χ4v) is 1.80. The van der Waals surface area contributed by atoms with Gasteiger partial charge in [0, 0.05) is 18.3 Å². The molecule has 2 aromatic carbocycles. The lowest BCUT2D eigenvalue weighted by atomic mass is 10.1. The topological polar surface area (TPSA) is 21.3 Å². The van der Waals surface area contributed by atoms with E-state index in [1.165, 1.54) is 30.3 Å². The van der Waals surface area contributed by atoms with Crippen molar-refractivity contribution in [3.63, 3.8) is 0 Å². The summed E-state index contributed by atoms with van der Waals surface area (Å²) >= 11 is 0. The van der Waals surface area contributed by atoms with Gasteiger partial charge in [-0.15, -0.1) is 0 Å². The second kappa shape index (κ2) is 6.64. The van der Waals surface area contributed by atoms with Gasteiger partial charge in [0.1, 0.15) is 5.75 Å². The summed E-state index contributed by atoms with van der Waals surface area (Å²) in [6.07, 6.45) is -4.37. The van der Waals surface area contributed by atoms with Gasteiger partial charge in [0.15, 0.2) is 0 Å². The molecule has 0 unspecified atom stereocenters. The summed E-state index contributed by atoms with van der Waals surface area (Å²) in [6, 6.07) is 10.6. The number of hydrogen-bond donors (Lipinski definition) is 1. The standard InChI is InChI=1S/C15H12F5NO/c16-14(17)22-13-3-1-2-12(8-13)21-9-10-4-6-11(7-5-10)15(18,19)20/h1-8,14,21H,9H2. The Morgan fingerprint density at radius 2 is 1.68 bits per heavy atom. The minimum absolute atomic E-state index is 0.00687. The van der Waals surface area contributed by atoms with Crippen LogP contribution in [0, 0.1) is 0 Å². The maximum absolute atomic E-state index is 12.4. The van der Waals surface area contributed by atoms with Crippen LogP contribution in [0.4, 0.5) is 27.6 Å². The molecule has 0 spiro atoms. The van der Waals surface area contributed by atoms with Crippen molar-refractivity contribution in [2.24, 2.45) is 0 Å². The zero-order chi connectivity index (χ0) is 16.2. The molecular weight excluding hydrogens is 305 g/mol. The van der Waals surface area contributed by atoms with Crippen molar-refractivity contribution in [2.45, 2.75) is 19.3 Å². The maximum Gasteiger partial charge on any atom is 0.416 e. The summed E-state index contributed by atoms with van der Waals surface area (Å²) in [4.78, 5) is 0. The molecule has 7 heteroatoms. The van der Waals surface area contributed by atoms with Gasteiger partial charge < -0.3 is 10.1 Å². The molecule has 0 aliphatic heterocycles. The molecule has 0 saturated heterocycles. The number of benzene rings is 2. The van der Waals surface area contributed by atoms with Gasteiger partial charge in [-0.2, -0.15) is 22.0 Å². The van der Waals surface area contributed by atoms with Crippen LogP contribution in [0.15, 0.2) is 48.5 Å². The van der Waals surface area contributed by atoms with Crippen LogP contribution in [0.25, 0.3) is 0 Å². The number of ether oxygens (including phenoxy) is 1. The fraction of sp³-hybridized carbons (Fsp3) is 0.200. The Hall–Kier alpha value is -2.31. The molecule has 0 heterocycles. The van der Waals surface area contributed by atoms with E-state index in [1.807, 2.05) is 0 Å². The molecule has 0 bridgehead atoms. The lowest BCUT2D eigenvalue weighted by molar-refractivity contribution is -0.137. The van der Waals surface area contributed by atoms with Gasteiger partial charge in [-0.05, 0) is 29.8 Å². The van der Waals surface area contributed by atoms with E-state index >= 15 is 0 Å². The largest absolute Gasteiger partial charge is 0.435 e. The van der Waals surface area contributed by atoms with Crippen molar-refractivity contribution < 1.29 is 26.7 Å². The van der Waals surface area contributed by atoms with Crippen LogP contribution in [0.1, 0.15) is 11.1 Å². The fourth-order valence-electron chi connectivity index (χ4n) is 1.80. The van der Waals surface area contributed by atoms with E-state index in [-0.39, 0.29) is 12.3 Å². The number of hydrogen-bond acceptors (Lipinski definition) is 2. The van der Waals surface area contributed by atoms with Crippen LogP contribution < -0.4 is 10.1 Å². The number of alkyl halides is 5. The van der Waals surface area contributed by atoms with Gasteiger partial charge in [-0.1, -0.05) is 18.2 Å². The molecule has 0 saturated carbocycles. The van der Waals surface area contributed by atoms with Crippen molar-refractivity contribution in [1.29, 1.82) is 0 Å². The minimum Gasteiger partial charge on any atom is -0.435 e. The molecule has 2 rings (SSSR count). The highest BCUT2D eigenvalue weighted by Crippen LogP contribution is 2.29. The maximum atomic E-state index is 12.4. The highest BCUT2D eigenvalue weighted by molar-refractivity contribution is 5.48. The summed E-state index contributed by atoms with van der Waals surface area (Å²) in [6.45, 7) is -2.65. The average molecular weight is 317 g/mol. The average Bonchev–Trinajstić information content (AvgIpc) is 2.44. The summed E-state index contributed by atoms with van der Waals surface area (Å²) in [7, 11) is 0. The molecule has 0 amide bonds. The third-order valence-electron chi connectivity index (χ3n) is 2.84. The first-order valence-electron chi connectivity index (χ1n) is 6.29. The normalized spacial score (nSPS) is 11.5. The van der Waals surface area contributed by atoms with Crippen molar-refractivity contribution in [3.05, 3.63) is 59.7 Å². The Morgan fingerprint density at radius 3 is 2.27 bits per heavy atom. The summed E-state index contributed by atoms with van der Waals surface area (Å²) < 4.78 is 65.8.